The summed E-state index contributed by atoms with van der Waals surface area (Å²) in [5, 5.41) is 11.7. The number of aliphatic carboxylic acids is 1. The predicted octanol–water partition coefficient (Wildman–Crippen LogP) is -0.0343. The Kier molecular flexibility index (Phi) is 4.02. The number of carbonyl (C=O) groups excluding carboxylic acids is 1. The van der Waals surface area contributed by atoms with Gasteiger partial charge >= 0.3 is 5.97 Å². The minimum atomic E-state index is -1.05. The molecule has 1 fully saturated rings. The Morgan fingerprint density at radius 2 is 2.06 bits per heavy atom. The second-order valence-corrected chi connectivity index (χ2v) is 6.15. The van der Waals surface area contributed by atoms with Crippen molar-refractivity contribution in [2.24, 2.45) is 16.6 Å². The van der Waals surface area contributed by atoms with E-state index in [2.05, 4.69) is 5.32 Å². The van der Waals surface area contributed by atoms with Gasteiger partial charge in [0.15, 0.2) is 0 Å². The molecule has 18 heavy (non-hydrogen) atoms. The molecule has 4 N–H and O–H groups in total. The molecule has 6 heteroatoms. The van der Waals surface area contributed by atoms with E-state index in [1.165, 1.54) is 0 Å². The monoisotopic (exact) mass is 258 g/mol. The molecule has 1 rings (SSSR count). The predicted molar refractivity (Wildman–Crippen MR) is 65.9 cm³/mol. The fraction of sp³-hybridized carbons (Fsp3) is 0.833. The lowest BCUT2D eigenvalue weighted by atomic mass is 9.82. The van der Waals surface area contributed by atoms with Crippen LogP contribution in [0.15, 0.2) is 0 Å². The van der Waals surface area contributed by atoms with Crippen molar-refractivity contribution >= 4 is 11.9 Å². The van der Waals surface area contributed by atoms with Crippen molar-refractivity contribution in [2.45, 2.75) is 39.8 Å². The van der Waals surface area contributed by atoms with Crippen LogP contribution >= 0.6 is 0 Å². The van der Waals surface area contributed by atoms with Crippen molar-refractivity contribution in [1.29, 1.82) is 0 Å². The van der Waals surface area contributed by atoms with Crippen LogP contribution in [0.1, 0.15) is 27.7 Å². The van der Waals surface area contributed by atoms with Gasteiger partial charge in [0.2, 0.25) is 5.91 Å². The SMILES string of the molecule is CC1(C(=O)N[C@@H](C(=O)O)C(C)(C)C)COCC1N. The maximum absolute atomic E-state index is 12.2. The number of carbonyl (C=O) groups is 2. The standard InChI is InChI=1S/C12H22N2O4/c1-11(2,3)8(9(15)16)14-10(17)12(4)6-18-5-7(12)13/h7-8H,5-6,13H2,1-4H3,(H,14,17)(H,15,16)/t7?,8-,12?/m0/s1. The molecule has 1 saturated heterocycles. The van der Waals surface area contributed by atoms with E-state index >= 15 is 0 Å². The number of carboxylic acid groups (broad SMARTS) is 1. The Morgan fingerprint density at radius 3 is 2.39 bits per heavy atom. The number of nitrogens with two attached hydrogens (primary N) is 1. The molecule has 1 amide bonds. The maximum Gasteiger partial charge on any atom is 0.326 e. The number of ether oxygens (including phenoxy) is 1. The molecule has 0 aromatic carbocycles. The van der Waals surface area contributed by atoms with Crippen molar-refractivity contribution in [1.82, 2.24) is 5.32 Å². The van der Waals surface area contributed by atoms with Crippen LogP contribution in [0.5, 0.6) is 0 Å². The molecule has 104 valence electrons. The molecule has 1 heterocycles. The summed E-state index contributed by atoms with van der Waals surface area (Å²) in [6.07, 6.45) is 0. The zero-order chi connectivity index (χ0) is 14.1. The molecule has 0 bridgehead atoms. The van der Waals surface area contributed by atoms with Gasteiger partial charge in [-0.25, -0.2) is 4.79 Å². The smallest absolute Gasteiger partial charge is 0.326 e. The van der Waals surface area contributed by atoms with Crippen molar-refractivity contribution in [3.8, 4) is 0 Å². The fourth-order valence-electron chi connectivity index (χ4n) is 1.87. The molecule has 0 aromatic heterocycles. The van der Waals surface area contributed by atoms with E-state index in [-0.39, 0.29) is 12.5 Å². The minimum Gasteiger partial charge on any atom is -0.480 e. The minimum absolute atomic E-state index is 0.219. The highest BCUT2D eigenvalue weighted by atomic mass is 16.5. The van der Waals surface area contributed by atoms with Crippen LogP contribution in [-0.4, -0.2) is 42.3 Å². The van der Waals surface area contributed by atoms with Gasteiger partial charge in [0.05, 0.1) is 18.6 Å². The number of hydrogen-bond donors (Lipinski definition) is 3. The summed E-state index contributed by atoms with van der Waals surface area (Å²) in [5.74, 6) is -1.42. The molecule has 1 aliphatic rings. The average Bonchev–Trinajstić information content (AvgIpc) is 2.54. The van der Waals surface area contributed by atoms with Gasteiger partial charge < -0.3 is 20.9 Å². The lowest BCUT2D eigenvalue weighted by Gasteiger charge is -2.32. The molecule has 6 nitrogen and oxygen atoms in total. The number of carboxylic acids is 1. The van der Waals surface area contributed by atoms with Crippen LogP contribution in [0.3, 0.4) is 0 Å². The molecule has 0 spiro atoms. The number of rotatable bonds is 3. The molecule has 0 aromatic rings. The average molecular weight is 258 g/mol. The zero-order valence-corrected chi connectivity index (χ0v) is 11.3. The van der Waals surface area contributed by atoms with Gasteiger partial charge in [0.25, 0.3) is 0 Å². The highest BCUT2D eigenvalue weighted by Gasteiger charge is 2.46. The second-order valence-electron chi connectivity index (χ2n) is 6.15. The number of amides is 1. The molecule has 0 saturated carbocycles. The largest absolute Gasteiger partial charge is 0.480 e. The summed E-state index contributed by atoms with van der Waals surface area (Å²) in [4.78, 5) is 23.4. The van der Waals surface area contributed by atoms with Gasteiger partial charge in [-0.15, -0.1) is 0 Å². The van der Waals surface area contributed by atoms with Crippen LogP contribution < -0.4 is 11.1 Å². The lowest BCUT2D eigenvalue weighted by molar-refractivity contribution is -0.147. The third-order valence-electron chi connectivity index (χ3n) is 3.42. The Balaban J connectivity index is 2.83. The summed E-state index contributed by atoms with van der Waals surface area (Å²) in [6, 6.07) is -1.36. The van der Waals surface area contributed by atoms with Crippen molar-refractivity contribution in [2.75, 3.05) is 13.2 Å². The Bertz CT molecular complexity index is 350. The number of nitrogens with one attached hydrogen (secondary N) is 1. The molecule has 3 atom stereocenters. The molecule has 0 radical (unpaired) electrons. The Hall–Kier alpha value is -1.14. The van der Waals surface area contributed by atoms with E-state index < -0.39 is 28.9 Å². The quantitative estimate of drug-likeness (QED) is 0.659. The Morgan fingerprint density at radius 1 is 1.50 bits per heavy atom. The van der Waals surface area contributed by atoms with Gasteiger partial charge in [0, 0.05) is 6.04 Å². The van der Waals surface area contributed by atoms with E-state index in [0.29, 0.717) is 6.61 Å². The summed E-state index contributed by atoms with van der Waals surface area (Å²) >= 11 is 0. The van der Waals surface area contributed by atoms with Crippen LogP contribution in [-0.2, 0) is 14.3 Å². The van der Waals surface area contributed by atoms with Gasteiger partial charge in [0.1, 0.15) is 6.04 Å². The fourth-order valence-corrected chi connectivity index (χ4v) is 1.87. The first-order valence-corrected chi connectivity index (χ1v) is 5.96. The zero-order valence-electron chi connectivity index (χ0n) is 11.3. The third kappa shape index (κ3) is 2.81. The van der Waals surface area contributed by atoms with Crippen LogP contribution in [0.2, 0.25) is 0 Å². The summed E-state index contributed by atoms with van der Waals surface area (Å²) < 4.78 is 5.19. The van der Waals surface area contributed by atoms with Crippen molar-refractivity contribution in [3.05, 3.63) is 0 Å². The first-order valence-electron chi connectivity index (χ1n) is 5.96. The summed E-state index contributed by atoms with van der Waals surface area (Å²) in [5.41, 5.74) is 4.41. The summed E-state index contributed by atoms with van der Waals surface area (Å²) in [6.45, 7) is 7.52. The molecular formula is C12H22N2O4. The number of hydrogen-bond acceptors (Lipinski definition) is 4. The van der Waals surface area contributed by atoms with E-state index in [9.17, 15) is 14.7 Å². The molecule has 2 unspecified atom stereocenters. The lowest BCUT2D eigenvalue weighted by Crippen LogP contribution is -2.57. The molecular weight excluding hydrogens is 236 g/mol. The molecule has 0 aliphatic carbocycles. The second kappa shape index (κ2) is 4.85. The Labute approximate surface area is 107 Å². The first kappa shape index (κ1) is 14.9. The van der Waals surface area contributed by atoms with Gasteiger partial charge in [-0.05, 0) is 12.3 Å². The maximum atomic E-state index is 12.2. The normalized spacial score (nSPS) is 29.9. The first-order chi connectivity index (χ1) is 8.09. The van der Waals surface area contributed by atoms with Gasteiger partial charge in [-0.2, -0.15) is 0 Å². The van der Waals surface area contributed by atoms with Crippen LogP contribution in [0.25, 0.3) is 0 Å². The highest BCUT2D eigenvalue weighted by Crippen LogP contribution is 2.28. The molecule has 1 aliphatic heterocycles. The van der Waals surface area contributed by atoms with E-state index in [1.807, 2.05) is 0 Å². The van der Waals surface area contributed by atoms with E-state index in [4.69, 9.17) is 10.5 Å². The summed E-state index contributed by atoms with van der Waals surface area (Å²) in [7, 11) is 0. The van der Waals surface area contributed by atoms with Crippen molar-refractivity contribution < 1.29 is 19.4 Å². The topological polar surface area (TPSA) is 102 Å². The van der Waals surface area contributed by atoms with E-state index in [1.54, 1.807) is 27.7 Å². The van der Waals surface area contributed by atoms with Gasteiger partial charge in [-0.1, -0.05) is 20.8 Å². The van der Waals surface area contributed by atoms with Crippen LogP contribution in [0.4, 0.5) is 0 Å². The van der Waals surface area contributed by atoms with Gasteiger partial charge in [-0.3, -0.25) is 4.79 Å². The van der Waals surface area contributed by atoms with E-state index in [0.717, 1.165) is 0 Å². The third-order valence-corrected chi connectivity index (χ3v) is 3.42. The highest BCUT2D eigenvalue weighted by molar-refractivity contribution is 5.88. The van der Waals surface area contributed by atoms with Crippen molar-refractivity contribution in [3.63, 3.8) is 0 Å². The van der Waals surface area contributed by atoms with Crippen LogP contribution in [0, 0.1) is 10.8 Å².